The van der Waals surface area contributed by atoms with Gasteiger partial charge in [-0.2, -0.15) is 0 Å². The maximum Gasteiger partial charge on any atom is 0.413 e. The first-order chi connectivity index (χ1) is 7.22. The second kappa shape index (κ2) is 3.61. The maximum absolute atomic E-state index is 11.3. The van der Waals surface area contributed by atoms with Crippen LogP contribution in [0.4, 0.5) is 10.5 Å². The number of aromatic amines is 1. The van der Waals surface area contributed by atoms with Crippen molar-refractivity contribution in [2.24, 2.45) is 0 Å². The minimum atomic E-state index is -0.395. The lowest BCUT2D eigenvalue weighted by Gasteiger charge is -2.15. The smallest absolute Gasteiger partial charge is 0.413 e. The van der Waals surface area contributed by atoms with Crippen LogP contribution in [0.5, 0.6) is 0 Å². The van der Waals surface area contributed by atoms with Crippen LogP contribution in [-0.4, -0.2) is 30.2 Å². The lowest BCUT2D eigenvalue weighted by atomic mass is 10.2. The molecule has 0 saturated heterocycles. The normalized spacial score (nSPS) is 10.3. The fourth-order valence-corrected chi connectivity index (χ4v) is 1.37. The molecule has 1 amide bonds. The summed E-state index contributed by atoms with van der Waals surface area (Å²) in [4.78, 5) is 19.8. The Morgan fingerprint density at radius 3 is 3.07 bits per heavy atom. The van der Waals surface area contributed by atoms with Crippen LogP contribution < -0.4 is 4.90 Å². The van der Waals surface area contributed by atoms with Crippen molar-refractivity contribution in [3.63, 3.8) is 0 Å². The molecule has 2 rings (SSSR count). The Kier molecular flexibility index (Phi) is 2.29. The number of carbonyl (C=O) groups is 1. The number of imidazole rings is 1. The minimum absolute atomic E-state index is 0.395. The lowest BCUT2D eigenvalue weighted by Crippen LogP contribution is -2.25. The molecule has 0 atom stereocenters. The predicted molar refractivity (Wildman–Crippen MR) is 56.9 cm³/mol. The zero-order valence-corrected chi connectivity index (χ0v) is 8.52. The van der Waals surface area contributed by atoms with Gasteiger partial charge in [0.2, 0.25) is 0 Å². The van der Waals surface area contributed by atoms with Gasteiger partial charge in [-0.3, -0.25) is 4.90 Å². The second-order valence-electron chi connectivity index (χ2n) is 3.13. The molecule has 0 saturated carbocycles. The Bertz CT molecular complexity index is 492. The molecule has 0 unspecified atom stereocenters. The highest BCUT2D eigenvalue weighted by molar-refractivity contribution is 5.90. The van der Waals surface area contributed by atoms with Gasteiger partial charge in [0.25, 0.3) is 0 Å². The van der Waals surface area contributed by atoms with E-state index in [0.717, 1.165) is 16.7 Å². The minimum Gasteiger partial charge on any atom is -0.452 e. The van der Waals surface area contributed by atoms with E-state index in [1.165, 1.54) is 12.0 Å². The summed E-state index contributed by atoms with van der Waals surface area (Å²) in [5.74, 6) is 0. The Labute approximate surface area is 86.7 Å². The van der Waals surface area contributed by atoms with Crippen molar-refractivity contribution in [3.8, 4) is 0 Å². The SMILES string of the molecule is COC(=O)N(C)c1ccc2nc[nH]c2c1. The quantitative estimate of drug-likeness (QED) is 0.771. The molecule has 15 heavy (non-hydrogen) atoms. The molecular formula is C10H11N3O2. The van der Waals surface area contributed by atoms with Crippen LogP contribution in [0.1, 0.15) is 0 Å². The molecule has 0 spiro atoms. The van der Waals surface area contributed by atoms with Crippen molar-refractivity contribution in [2.75, 3.05) is 19.1 Å². The molecule has 0 aliphatic rings. The summed E-state index contributed by atoms with van der Waals surface area (Å²) in [7, 11) is 3.01. The molecule has 1 heterocycles. The summed E-state index contributed by atoms with van der Waals surface area (Å²) >= 11 is 0. The molecule has 0 fully saturated rings. The number of H-pyrrole nitrogens is 1. The number of fused-ring (bicyclic) bond motifs is 1. The molecule has 0 radical (unpaired) electrons. The van der Waals surface area contributed by atoms with E-state index in [1.807, 2.05) is 18.2 Å². The van der Waals surface area contributed by atoms with Crippen LogP contribution in [0.15, 0.2) is 24.5 Å². The van der Waals surface area contributed by atoms with Gasteiger partial charge in [0.15, 0.2) is 0 Å². The predicted octanol–water partition coefficient (Wildman–Crippen LogP) is 1.77. The van der Waals surface area contributed by atoms with E-state index >= 15 is 0 Å². The van der Waals surface area contributed by atoms with Crippen molar-refractivity contribution in [1.29, 1.82) is 0 Å². The van der Waals surface area contributed by atoms with Crippen molar-refractivity contribution >= 4 is 22.8 Å². The van der Waals surface area contributed by atoms with E-state index in [0.29, 0.717) is 0 Å². The van der Waals surface area contributed by atoms with Crippen LogP contribution in [0.25, 0.3) is 11.0 Å². The van der Waals surface area contributed by atoms with E-state index in [1.54, 1.807) is 13.4 Å². The van der Waals surface area contributed by atoms with Gasteiger partial charge < -0.3 is 9.72 Å². The van der Waals surface area contributed by atoms with Gasteiger partial charge >= 0.3 is 6.09 Å². The van der Waals surface area contributed by atoms with Crippen molar-refractivity contribution in [1.82, 2.24) is 9.97 Å². The summed E-state index contributed by atoms with van der Waals surface area (Å²) in [6, 6.07) is 5.51. The first kappa shape index (κ1) is 9.51. The monoisotopic (exact) mass is 205 g/mol. The van der Waals surface area contributed by atoms with Gasteiger partial charge in [-0.15, -0.1) is 0 Å². The van der Waals surface area contributed by atoms with Crippen molar-refractivity contribution in [3.05, 3.63) is 24.5 Å². The molecule has 1 N–H and O–H groups in total. The van der Waals surface area contributed by atoms with Gasteiger partial charge in [-0.05, 0) is 18.2 Å². The third kappa shape index (κ3) is 1.63. The fourth-order valence-electron chi connectivity index (χ4n) is 1.37. The number of carbonyl (C=O) groups excluding carboxylic acids is 1. The number of amides is 1. The topological polar surface area (TPSA) is 58.2 Å². The van der Waals surface area contributed by atoms with Gasteiger partial charge in [0.1, 0.15) is 0 Å². The van der Waals surface area contributed by atoms with E-state index in [-0.39, 0.29) is 0 Å². The Hall–Kier alpha value is -2.04. The number of nitrogens with one attached hydrogen (secondary N) is 1. The highest BCUT2D eigenvalue weighted by Crippen LogP contribution is 2.18. The molecule has 2 aromatic rings. The molecule has 0 aliphatic carbocycles. The van der Waals surface area contributed by atoms with Gasteiger partial charge in [0.05, 0.1) is 24.5 Å². The van der Waals surface area contributed by atoms with Crippen molar-refractivity contribution < 1.29 is 9.53 Å². The van der Waals surface area contributed by atoms with Crippen LogP contribution in [0.2, 0.25) is 0 Å². The number of rotatable bonds is 1. The summed E-state index contributed by atoms with van der Waals surface area (Å²) in [6.45, 7) is 0. The van der Waals surface area contributed by atoms with Crippen LogP contribution in [0, 0.1) is 0 Å². The third-order valence-corrected chi connectivity index (χ3v) is 2.24. The van der Waals surface area contributed by atoms with Crippen molar-refractivity contribution in [2.45, 2.75) is 0 Å². The zero-order valence-electron chi connectivity index (χ0n) is 8.52. The summed E-state index contributed by atoms with van der Waals surface area (Å²) in [6.07, 6.45) is 1.22. The van der Waals surface area contributed by atoms with Crippen LogP contribution in [0.3, 0.4) is 0 Å². The summed E-state index contributed by atoms with van der Waals surface area (Å²) in [5, 5.41) is 0. The van der Waals surface area contributed by atoms with Gasteiger partial charge in [0, 0.05) is 12.7 Å². The zero-order chi connectivity index (χ0) is 10.8. The van der Waals surface area contributed by atoms with E-state index in [4.69, 9.17) is 0 Å². The Morgan fingerprint density at radius 2 is 2.33 bits per heavy atom. The van der Waals surface area contributed by atoms with E-state index < -0.39 is 6.09 Å². The molecule has 5 nitrogen and oxygen atoms in total. The number of nitrogens with zero attached hydrogens (tertiary/aromatic N) is 2. The third-order valence-electron chi connectivity index (χ3n) is 2.24. The number of ether oxygens (including phenoxy) is 1. The number of hydrogen-bond acceptors (Lipinski definition) is 3. The standard InChI is InChI=1S/C10H11N3O2/c1-13(10(14)15-2)7-3-4-8-9(5-7)12-6-11-8/h3-6H,1-2H3,(H,11,12). The molecule has 5 heteroatoms. The summed E-state index contributed by atoms with van der Waals surface area (Å²) in [5.41, 5.74) is 2.53. The number of benzene rings is 1. The first-order valence-electron chi connectivity index (χ1n) is 4.47. The average Bonchev–Trinajstić information content (AvgIpc) is 2.73. The number of anilines is 1. The molecule has 0 aliphatic heterocycles. The summed E-state index contributed by atoms with van der Waals surface area (Å²) < 4.78 is 4.62. The second-order valence-corrected chi connectivity index (χ2v) is 3.13. The van der Waals surface area contributed by atoms with Crippen LogP contribution >= 0.6 is 0 Å². The number of hydrogen-bond donors (Lipinski definition) is 1. The first-order valence-corrected chi connectivity index (χ1v) is 4.47. The molecule has 0 bridgehead atoms. The van der Waals surface area contributed by atoms with Gasteiger partial charge in [-0.25, -0.2) is 9.78 Å². The molecular weight excluding hydrogens is 194 g/mol. The molecule has 78 valence electrons. The fraction of sp³-hybridized carbons (Fsp3) is 0.200. The maximum atomic E-state index is 11.3. The molecule has 1 aromatic carbocycles. The Balaban J connectivity index is 2.39. The molecule has 1 aromatic heterocycles. The average molecular weight is 205 g/mol. The largest absolute Gasteiger partial charge is 0.452 e. The van der Waals surface area contributed by atoms with E-state index in [2.05, 4.69) is 14.7 Å². The lowest BCUT2D eigenvalue weighted by molar-refractivity contribution is 0.180. The number of aromatic nitrogens is 2. The van der Waals surface area contributed by atoms with Crippen LogP contribution in [-0.2, 0) is 4.74 Å². The van der Waals surface area contributed by atoms with Gasteiger partial charge in [-0.1, -0.05) is 0 Å². The van der Waals surface area contributed by atoms with E-state index in [9.17, 15) is 4.79 Å². The highest BCUT2D eigenvalue weighted by atomic mass is 16.5. The highest BCUT2D eigenvalue weighted by Gasteiger charge is 2.10. The number of methoxy groups -OCH3 is 1. The Morgan fingerprint density at radius 1 is 1.53 bits per heavy atom.